The average Bonchev–Trinajstić information content (AvgIpc) is 2.18. The Morgan fingerprint density at radius 3 is 2.53 bits per heavy atom. The van der Waals surface area contributed by atoms with Crippen LogP contribution in [0.2, 0.25) is 0 Å². The molecule has 1 N–H and O–H groups in total. The van der Waals surface area contributed by atoms with Gasteiger partial charge in [-0.2, -0.15) is 0 Å². The first kappa shape index (κ1) is 11.5. The summed E-state index contributed by atoms with van der Waals surface area (Å²) in [6.45, 7) is 0.413. The standard InChI is InChI=1S/C11H14O4/c1-14-7-9-5-3-4-8(6-10(12)13)11(9)15-2/h3-5H,6-7H2,1-2H3,(H,12,13). The lowest BCUT2D eigenvalue weighted by Crippen LogP contribution is -2.04. The highest BCUT2D eigenvalue weighted by Gasteiger charge is 2.11. The molecule has 0 aliphatic rings. The Kier molecular flexibility index (Phi) is 4.12. The first-order valence-corrected chi connectivity index (χ1v) is 4.54. The number of ether oxygens (including phenoxy) is 2. The van der Waals surface area contributed by atoms with Gasteiger partial charge in [-0.05, 0) is 0 Å². The quantitative estimate of drug-likeness (QED) is 0.799. The molecule has 0 atom stereocenters. The van der Waals surface area contributed by atoms with Crippen molar-refractivity contribution >= 4 is 5.97 Å². The molecule has 0 heterocycles. The Morgan fingerprint density at radius 1 is 1.33 bits per heavy atom. The molecule has 0 fully saturated rings. The smallest absolute Gasteiger partial charge is 0.307 e. The molecule has 1 rings (SSSR count). The number of hydrogen-bond acceptors (Lipinski definition) is 3. The molecule has 0 saturated heterocycles. The van der Waals surface area contributed by atoms with E-state index < -0.39 is 5.97 Å². The second kappa shape index (κ2) is 5.36. The van der Waals surface area contributed by atoms with Crippen LogP contribution in [0, 0.1) is 0 Å². The maximum atomic E-state index is 10.6. The van der Waals surface area contributed by atoms with E-state index in [2.05, 4.69) is 0 Å². The van der Waals surface area contributed by atoms with Gasteiger partial charge in [0, 0.05) is 18.2 Å². The number of para-hydroxylation sites is 1. The molecule has 0 aromatic heterocycles. The summed E-state index contributed by atoms with van der Waals surface area (Å²) in [4.78, 5) is 10.6. The fourth-order valence-electron chi connectivity index (χ4n) is 1.47. The first-order valence-electron chi connectivity index (χ1n) is 4.54. The van der Waals surface area contributed by atoms with Crippen molar-refractivity contribution in [2.24, 2.45) is 0 Å². The van der Waals surface area contributed by atoms with Crippen LogP contribution in [0.25, 0.3) is 0 Å². The summed E-state index contributed by atoms with van der Waals surface area (Å²) in [5.74, 6) is -0.274. The average molecular weight is 210 g/mol. The number of carboxylic acids is 1. The van der Waals surface area contributed by atoms with Gasteiger partial charge < -0.3 is 14.6 Å². The molecule has 15 heavy (non-hydrogen) atoms. The predicted molar refractivity (Wildman–Crippen MR) is 55.0 cm³/mol. The summed E-state index contributed by atoms with van der Waals surface area (Å²) in [6, 6.07) is 5.40. The predicted octanol–water partition coefficient (Wildman–Crippen LogP) is 1.47. The molecule has 4 nitrogen and oxygen atoms in total. The minimum absolute atomic E-state index is 0.0409. The second-order valence-electron chi connectivity index (χ2n) is 3.11. The summed E-state index contributed by atoms with van der Waals surface area (Å²) in [7, 11) is 3.11. The number of rotatable bonds is 5. The summed E-state index contributed by atoms with van der Waals surface area (Å²) in [5.41, 5.74) is 1.53. The number of carbonyl (C=O) groups is 1. The highest BCUT2D eigenvalue weighted by molar-refractivity contribution is 5.71. The lowest BCUT2D eigenvalue weighted by atomic mass is 10.1. The second-order valence-corrected chi connectivity index (χ2v) is 3.11. The lowest BCUT2D eigenvalue weighted by molar-refractivity contribution is -0.136. The van der Waals surface area contributed by atoms with Gasteiger partial charge >= 0.3 is 5.97 Å². The van der Waals surface area contributed by atoms with E-state index in [1.165, 1.54) is 7.11 Å². The normalized spacial score (nSPS) is 10.0. The summed E-state index contributed by atoms with van der Waals surface area (Å²) >= 11 is 0. The van der Waals surface area contributed by atoms with E-state index in [0.29, 0.717) is 17.9 Å². The molecule has 1 aromatic rings. The maximum absolute atomic E-state index is 10.6. The molecule has 82 valence electrons. The Labute approximate surface area is 88.4 Å². The highest BCUT2D eigenvalue weighted by Crippen LogP contribution is 2.24. The van der Waals surface area contributed by atoms with E-state index in [4.69, 9.17) is 14.6 Å². The van der Waals surface area contributed by atoms with Gasteiger partial charge in [-0.1, -0.05) is 18.2 Å². The van der Waals surface area contributed by atoms with Gasteiger partial charge in [-0.15, -0.1) is 0 Å². The lowest BCUT2D eigenvalue weighted by Gasteiger charge is -2.11. The molecule has 0 radical (unpaired) electrons. The van der Waals surface area contributed by atoms with Gasteiger partial charge in [0.05, 0.1) is 20.1 Å². The van der Waals surface area contributed by atoms with E-state index in [0.717, 1.165) is 5.56 Å². The number of hydrogen-bond donors (Lipinski definition) is 1. The van der Waals surface area contributed by atoms with Crippen molar-refractivity contribution in [3.8, 4) is 5.75 Å². The highest BCUT2D eigenvalue weighted by atomic mass is 16.5. The van der Waals surface area contributed by atoms with Crippen LogP contribution in [0.3, 0.4) is 0 Å². The molecule has 0 unspecified atom stereocenters. The van der Waals surface area contributed by atoms with Gasteiger partial charge in [-0.3, -0.25) is 4.79 Å². The van der Waals surface area contributed by atoms with Crippen molar-refractivity contribution < 1.29 is 19.4 Å². The fraction of sp³-hybridized carbons (Fsp3) is 0.364. The van der Waals surface area contributed by atoms with E-state index in [-0.39, 0.29) is 6.42 Å². The third-order valence-corrected chi connectivity index (χ3v) is 2.02. The van der Waals surface area contributed by atoms with Gasteiger partial charge in [0.1, 0.15) is 5.75 Å². The van der Waals surface area contributed by atoms with Crippen molar-refractivity contribution in [1.29, 1.82) is 0 Å². The third-order valence-electron chi connectivity index (χ3n) is 2.02. The van der Waals surface area contributed by atoms with Crippen LogP contribution in [0.15, 0.2) is 18.2 Å². The monoisotopic (exact) mass is 210 g/mol. The van der Waals surface area contributed by atoms with Gasteiger partial charge in [0.25, 0.3) is 0 Å². The largest absolute Gasteiger partial charge is 0.496 e. The molecule has 0 aliphatic heterocycles. The molecule has 0 bridgehead atoms. The first-order chi connectivity index (χ1) is 7.19. The number of carboxylic acid groups (broad SMARTS) is 1. The minimum atomic E-state index is -0.872. The molecular formula is C11H14O4. The minimum Gasteiger partial charge on any atom is -0.496 e. The topological polar surface area (TPSA) is 55.8 Å². The van der Waals surface area contributed by atoms with Crippen LogP contribution < -0.4 is 4.74 Å². The zero-order valence-electron chi connectivity index (χ0n) is 8.82. The SMILES string of the molecule is COCc1cccc(CC(=O)O)c1OC. The molecule has 0 spiro atoms. The van der Waals surface area contributed by atoms with E-state index in [1.807, 2.05) is 6.07 Å². The van der Waals surface area contributed by atoms with Crippen LogP contribution in [0.4, 0.5) is 0 Å². The number of aliphatic carboxylic acids is 1. The van der Waals surface area contributed by atoms with Crippen molar-refractivity contribution in [2.75, 3.05) is 14.2 Å². The van der Waals surface area contributed by atoms with Gasteiger partial charge in [0.15, 0.2) is 0 Å². The van der Waals surface area contributed by atoms with Crippen LogP contribution in [-0.4, -0.2) is 25.3 Å². The van der Waals surface area contributed by atoms with Crippen molar-refractivity contribution in [1.82, 2.24) is 0 Å². The van der Waals surface area contributed by atoms with Crippen LogP contribution in [0.5, 0.6) is 5.75 Å². The zero-order valence-corrected chi connectivity index (χ0v) is 8.82. The molecule has 0 amide bonds. The molecule has 0 aliphatic carbocycles. The molecule has 4 heteroatoms. The summed E-state index contributed by atoms with van der Waals surface area (Å²) in [6.07, 6.45) is -0.0409. The Hall–Kier alpha value is -1.55. The van der Waals surface area contributed by atoms with Crippen LogP contribution in [-0.2, 0) is 22.6 Å². The van der Waals surface area contributed by atoms with Crippen molar-refractivity contribution in [2.45, 2.75) is 13.0 Å². The third kappa shape index (κ3) is 2.95. The summed E-state index contributed by atoms with van der Waals surface area (Å²) < 4.78 is 10.2. The summed E-state index contributed by atoms with van der Waals surface area (Å²) in [5, 5.41) is 8.72. The van der Waals surface area contributed by atoms with Gasteiger partial charge in [-0.25, -0.2) is 0 Å². The fourth-order valence-corrected chi connectivity index (χ4v) is 1.47. The number of methoxy groups -OCH3 is 2. The maximum Gasteiger partial charge on any atom is 0.307 e. The van der Waals surface area contributed by atoms with E-state index in [1.54, 1.807) is 19.2 Å². The Balaban J connectivity index is 3.04. The van der Waals surface area contributed by atoms with Crippen LogP contribution in [0.1, 0.15) is 11.1 Å². The zero-order chi connectivity index (χ0) is 11.3. The van der Waals surface area contributed by atoms with Crippen molar-refractivity contribution in [3.63, 3.8) is 0 Å². The van der Waals surface area contributed by atoms with E-state index >= 15 is 0 Å². The van der Waals surface area contributed by atoms with Gasteiger partial charge in [0.2, 0.25) is 0 Å². The molecule has 0 saturated carbocycles. The van der Waals surface area contributed by atoms with Crippen LogP contribution >= 0.6 is 0 Å². The molecule has 1 aromatic carbocycles. The van der Waals surface area contributed by atoms with E-state index in [9.17, 15) is 4.79 Å². The Morgan fingerprint density at radius 2 is 2.00 bits per heavy atom. The Bertz CT molecular complexity index is 346. The number of benzene rings is 1. The molecular weight excluding hydrogens is 196 g/mol. The van der Waals surface area contributed by atoms with Crippen molar-refractivity contribution in [3.05, 3.63) is 29.3 Å².